The number of hydrogen-bond donors (Lipinski definition) is 0. The van der Waals surface area contributed by atoms with Crippen LogP contribution in [0.15, 0.2) is 48.5 Å². The second-order valence-corrected chi connectivity index (χ2v) is 8.86. The van der Waals surface area contributed by atoms with Crippen molar-refractivity contribution >= 4 is 11.6 Å². The van der Waals surface area contributed by atoms with E-state index in [0.29, 0.717) is 12.8 Å². The molecule has 2 heterocycles. The van der Waals surface area contributed by atoms with E-state index in [1.54, 1.807) is 24.3 Å². The predicted molar refractivity (Wildman–Crippen MR) is 111 cm³/mol. The van der Waals surface area contributed by atoms with Gasteiger partial charge < -0.3 is 9.80 Å². The Morgan fingerprint density at radius 3 is 2.55 bits per heavy atom. The zero-order chi connectivity index (χ0) is 20.6. The van der Waals surface area contributed by atoms with Gasteiger partial charge in [-0.15, -0.1) is 0 Å². The number of hydrogen-bond acceptors (Lipinski definition) is 2. The van der Waals surface area contributed by atoms with Crippen LogP contribution in [0.2, 0.25) is 0 Å². The number of likely N-dealkylation sites (tertiary alicyclic amines) is 1. The topological polar surface area (TPSA) is 23.6 Å². The summed E-state index contributed by atoms with van der Waals surface area (Å²) in [5.41, 5.74) is 1.72. The van der Waals surface area contributed by atoms with E-state index in [1.807, 2.05) is 11.0 Å². The summed E-state index contributed by atoms with van der Waals surface area (Å²) in [7, 11) is 0. The van der Waals surface area contributed by atoms with Gasteiger partial charge in [-0.05, 0) is 75.4 Å². The summed E-state index contributed by atoms with van der Waals surface area (Å²) >= 11 is 0. The molecule has 3 nitrogen and oxygen atoms in total. The maximum atomic E-state index is 13.9. The molecule has 29 heavy (non-hydrogen) atoms. The first-order valence-electron chi connectivity index (χ1n) is 10.4. The van der Waals surface area contributed by atoms with Gasteiger partial charge in [0.2, 0.25) is 5.91 Å². The molecule has 0 saturated carbocycles. The van der Waals surface area contributed by atoms with Crippen molar-refractivity contribution in [1.29, 1.82) is 0 Å². The molecule has 0 radical (unpaired) electrons. The van der Waals surface area contributed by atoms with E-state index < -0.39 is 0 Å². The number of carbonyl (C=O) groups is 1. The van der Waals surface area contributed by atoms with Gasteiger partial charge in [-0.3, -0.25) is 4.79 Å². The lowest BCUT2D eigenvalue weighted by Gasteiger charge is -2.42. The van der Waals surface area contributed by atoms with Crippen LogP contribution in [0, 0.1) is 11.6 Å². The number of halogens is 2. The average molecular weight is 398 g/mol. The minimum absolute atomic E-state index is 0.141. The van der Waals surface area contributed by atoms with Crippen LogP contribution < -0.4 is 4.90 Å². The molecule has 2 aliphatic heterocycles. The molecule has 1 amide bonds. The molecule has 2 fully saturated rings. The van der Waals surface area contributed by atoms with Gasteiger partial charge in [0.05, 0.1) is 12.1 Å². The third-order valence-electron chi connectivity index (χ3n) is 6.38. The lowest BCUT2D eigenvalue weighted by molar-refractivity contribution is -0.134. The smallest absolute Gasteiger partial charge is 0.223 e. The Kier molecular flexibility index (Phi) is 5.32. The van der Waals surface area contributed by atoms with Gasteiger partial charge in [0.1, 0.15) is 11.6 Å². The Bertz CT molecular complexity index is 881. The summed E-state index contributed by atoms with van der Waals surface area (Å²) in [6, 6.07) is 13.5. The molecule has 0 bridgehead atoms. The van der Waals surface area contributed by atoms with Crippen LogP contribution >= 0.6 is 0 Å². The summed E-state index contributed by atoms with van der Waals surface area (Å²) in [6.45, 7) is 5.13. The highest BCUT2D eigenvalue weighted by Crippen LogP contribution is 2.43. The van der Waals surface area contributed by atoms with Gasteiger partial charge in [0.25, 0.3) is 0 Å². The number of carbonyl (C=O) groups excluding carboxylic acids is 1. The van der Waals surface area contributed by atoms with Crippen LogP contribution in [0.1, 0.15) is 45.1 Å². The van der Waals surface area contributed by atoms with E-state index in [4.69, 9.17) is 0 Å². The van der Waals surface area contributed by atoms with Crippen LogP contribution in [0.25, 0.3) is 0 Å². The largest absolute Gasteiger partial charge is 0.361 e. The molecule has 0 spiro atoms. The molecule has 2 aliphatic rings. The van der Waals surface area contributed by atoms with Crippen molar-refractivity contribution in [2.24, 2.45) is 0 Å². The number of anilines is 1. The van der Waals surface area contributed by atoms with Gasteiger partial charge in [-0.2, -0.15) is 0 Å². The van der Waals surface area contributed by atoms with Crippen molar-refractivity contribution in [2.45, 2.75) is 63.6 Å². The fourth-order valence-electron chi connectivity index (χ4n) is 5.17. The molecule has 5 heteroatoms. The van der Waals surface area contributed by atoms with Crippen LogP contribution in [-0.4, -0.2) is 35.0 Å². The maximum Gasteiger partial charge on any atom is 0.223 e. The van der Waals surface area contributed by atoms with Crippen LogP contribution in [0.4, 0.5) is 14.5 Å². The predicted octanol–water partition coefficient (Wildman–Crippen LogP) is 4.95. The second-order valence-electron chi connectivity index (χ2n) is 8.86. The number of fused-ring (bicyclic) bond motifs is 1. The van der Waals surface area contributed by atoms with Crippen molar-refractivity contribution in [1.82, 2.24) is 4.90 Å². The third-order valence-corrected chi connectivity index (χ3v) is 6.38. The maximum absolute atomic E-state index is 13.9. The molecule has 0 unspecified atom stereocenters. The van der Waals surface area contributed by atoms with Gasteiger partial charge in [0, 0.05) is 24.2 Å². The summed E-state index contributed by atoms with van der Waals surface area (Å²) in [4.78, 5) is 17.4. The highest BCUT2D eigenvalue weighted by molar-refractivity contribution is 5.77. The highest BCUT2D eigenvalue weighted by Gasteiger charge is 2.50. The Labute approximate surface area is 171 Å². The van der Waals surface area contributed by atoms with Gasteiger partial charge >= 0.3 is 0 Å². The van der Waals surface area contributed by atoms with Gasteiger partial charge in [0.15, 0.2) is 0 Å². The fourth-order valence-corrected chi connectivity index (χ4v) is 5.17. The van der Waals surface area contributed by atoms with E-state index in [9.17, 15) is 13.6 Å². The van der Waals surface area contributed by atoms with E-state index in [-0.39, 0.29) is 35.2 Å². The minimum atomic E-state index is -0.260. The molecular weight excluding hydrogens is 370 g/mol. The molecule has 2 aromatic carbocycles. The van der Waals surface area contributed by atoms with E-state index in [2.05, 4.69) is 18.7 Å². The van der Waals surface area contributed by atoms with Gasteiger partial charge in [-0.1, -0.05) is 18.2 Å². The zero-order valence-corrected chi connectivity index (χ0v) is 17.1. The zero-order valence-electron chi connectivity index (χ0n) is 17.1. The molecule has 2 saturated heterocycles. The summed E-state index contributed by atoms with van der Waals surface area (Å²) in [6.07, 6.45) is 3.87. The molecule has 0 aliphatic carbocycles. The van der Waals surface area contributed by atoms with Crippen molar-refractivity contribution < 1.29 is 13.6 Å². The molecule has 4 rings (SSSR count). The van der Waals surface area contributed by atoms with Crippen LogP contribution in [0.3, 0.4) is 0 Å². The normalized spacial score (nSPS) is 23.2. The molecular formula is C24H28F2N2O. The van der Waals surface area contributed by atoms with Crippen molar-refractivity contribution in [3.8, 4) is 0 Å². The SMILES string of the molecule is CC1(C)C[C@H]2[C@H](CCCN2C(=O)CCc2ccc(F)cc2)N1c1cccc(F)c1. The number of piperidine rings is 1. The first-order valence-corrected chi connectivity index (χ1v) is 10.4. The number of benzene rings is 2. The minimum Gasteiger partial charge on any atom is -0.361 e. The third kappa shape index (κ3) is 4.00. The molecule has 0 aromatic heterocycles. The van der Waals surface area contributed by atoms with Crippen molar-refractivity contribution in [3.63, 3.8) is 0 Å². The Balaban J connectivity index is 1.50. The number of rotatable bonds is 4. The molecule has 0 N–H and O–H groups in total. The fraction of sp³-hybridized carbons (Fsp3) is 0.458. The molecule has 154 valence electrons. The Hall–Kier alpha value is -2.43. The summed E-state index contributed by atoms with van der Waals surface area (Å²) < 4.78 is 27.0. The standard InChI is InChI=1S/C24H28F2N2O/c1-24(2)16-22-21(28(24)20-6-3-5-19(26)15-20)7-4-14-27(22)23(29)13-10-17-8-11-18(25)12-9-17/h3,5-6,8-9,11-12,15,21-22H,4,7,10,13-14,16H2,1-2H3/t21-,22-/m0/s1. The molecule has 2 aromatic rings. The Morgan fingerprint density at radius 2 is 1.83 bits per heavy atom. The Morgan fingerprint density at radius 1 is 1.07 bits per heavy atom. The first kappa shape index (κ1) is 19.9. The second kappa shape index (κ2) is 7.77. The monoisotopic (exact) mass is 398 g/mol. The van der Waals surface area contributed by atoms with Crippen LogP contribution in [-0.2, 0) is 11.2 Å². The van der Waals surface area contributed by atoms with Crippen molar-refractivity contribution in [3.05, 3.63) is 65.7 Å². The summed E-state index contributed by atoms with van der Waals surface area (Å²) in [5.74, 6) is -0.338. The lowest BCUT2D eigenvalue weighted by atomic mass is 9.93. The number of aryl methyl sites for hydroxylation is 1. The van der Waals surface area contributed by atoms with E-state index in [1.165, 1.54) is 18.2 Å². The number of amides is 1. The average Bonchev–Trinajstić information content (AvgIpc) is 2.97. The van der Waals surface area contributed by atoms with E-state index in [0.717, 1.165) is 37.1 Å². The molecule has 2 atom stereocenters. The van der Waals surface area contributed by atoms with Crippen molar-refractivity contribution in [2.75, 3.05) is 11.4 Å². The summed E-state index contributed by atoms with van der Waals surface area (Å²) in [5, 5.41) is 0. The number of nitrogens with zero attached hydrogens (tertiary/aromatic N) is 2. The van der Waals surface area contributed by atoms with Crippen LogP contribution in [0.5, 0.6) is 0 Å². The first-order chi connectivity index (χ1) is 13.8. The lowest BCUT2D eigenvalue weighted by Crippen LogP contribution is -2.53. The quantitative estimate of drug-likeness (QED) is 0.728. The van der Waals surface area contributed by atoms with E-state index >= 15 is 0 Å². The van der Waals surface area contributed by atoms with Gasteiger partial charge in [-0.25, -0.2) is 8.78 Å². The highest BCUT2D eigenvalue weighted by atomic mass is 19.1.